The van der Waals surface area contributed by atoms with Crippen LogP contribution < -0.4 is 16.4 Å². The maximum absolute atomic E-state index is 12.0. The van der Waals surface area contributed by atoms with Crippen LogP contribution in [0.25, 0.3) is 0 Å². The molecule has 0 saturated carbocycles. The number of nitrogens with two attached hydrogens (primary N) is 1. The van der Waals surface area contributed by atoms with Crippen molar-refractivity contribution >= 4 is 17.6 Å². The lowest BCUT2D eigenvalue weighted by Crippen LogP contribution is -2.43. The van der Waals surface area contributed by atoms with Crippen LogP contribution in [0.15, 0.2) is 29.3 Å². The summed E-state index contributed by atoms with van der Waals surface area (Å²) in [7, 11) is 0. The quantitative estimate of drug-likeness (QED) is 0.523. The van der Waals surface area contributed by atoms with E-state index in [1.165, 1.54) is 18.4 Å². The van der Waals surface area contributed by atoms with Gasteiger partial charge in [-0.3, -0.25) is 9.69 Å². The standard InChI is InChI=1S/C18H29N5O/c1-3-14-7-5-8-15(11-14)22-17(24)13-21-18(19)20-12-16-9-6-10-23(16)4-2/h5,7-8,11,16H,3-4,6,9-10,12-13H2,1-2H3,(H,22,24)(H3,19,20,21). The van der Waals surface area contributed by atoms with Crippen molar-refractivity contribution < 1.29 is 4.79 Å². The SMILES string of the molecule is CCc1cccc(NC(=O)CN=C(N)NCC2CCCN2CC)c1. The van der Waals surface area contributed by atoms with E-state index in [0.29, 0.717) is 12.0 Å². The molecule has 1 saturated heterocycles. The van der Waals surface area contributed by atoms with Crippen LogP contribution in [0.5, 0.6) is 0 Å². The Hall–Kier alpha value is -2.08. The third-order valence-electron chi connectivity index (χ3n) is 4.44. The minimum absolute atomic E-state index is 0.0251. The first kappa shape index (κ1) is 18.3. The molecule has 0 bridgehead atoms. The summed E-state index contributed by atoms with van der Waals surface area (Å²) in [5.74, 6) is 0.166. The molecule has 1 atom stereocenters. The van der Waals surface area contributed by atoms with Gasteiger partial charge in [-0.05, 0) is 50.0 Å². The van der Waals surface area contributed by atoms with E-state index in [1.54, 1.807) is 0 Å². The highest BCUT2D eigenvalue weighted by atomic mass is 16.1. The Balaban J connectivity index is 1.75. The first-order chi connectivity index (χ1) is 11.6. The summed E-state index contributed by atoms with van der Waals surface area (Å²) >= 11 is 0. The monoisotopic (exact) mass is 331 g/mol. The molecule has 1 aliphatic heterocycles. The number of carbonyl (C=O) groups excluding carboxylic acids is 1. The van der Waals surface area contributed by atoms with Crippen LogP contribution in [0, 0.1) is 0 Å². The Kier molecular flexibility index (Phi) is 7.06. The fraction of sp³-hybridized carbons (Fsp3) is 0.556. The summed E-state index contributed by atoms with van der Waals surface area (Å²) in [5, 5.41) is 5.98. The molecule has 1 aliphatic rings. The number of aryl methyl sites for hydroxylation is 1. The van der Waals surface area contributed by atoms with E-state index in [1.807, 2.05) is 24.3 Å². The van der Waals surface area contributed by atoms with Gasteiger partial charge in [0.1, 0.15) is 6.54 Å². The zero-order valence-corrected chi connectivity index (χ0v) is 14.7. The highest BCUT2D eigenvalue weighted by Gasteiger charge is 2.22. The Labute approximate surface area is 144 Å². The second-order valence-corrected chi connectivity index (χ2v) is 6.11. The van der Waals surface area contributed by atoms with Crippen molar-refractivity contribution in [1.29, 1.82) is 0 Å². The molecule has 1 unspecified atom stereocenters. The van der Waals surface area contributed by atoms with E-state index >= 15 is 0 Å². The van der Waals surface area contributed by atoms with Crippen LogP contribution in [0.3, 0.4) is 0 Å². The van der Waals surface area contributed by atoms with E-state index in [4.69, 9.17) is 5.73 Å². The second-order valence-electron chi connectivity index (χ2n) is 6.11. The summed E-state index contributed by atoms with van der Waals surface area (Å²) in [6.07, 6.45) is 3.35. The van der Waals surface area contributed by atoms with Crippen molar-refractivity contribution in [3.05, 3.63) is 29.8 Å². The highest BCUT2D eigenvalue weighted by Crippen LogP contribution is 2.15. The first-order valence-electron chi connectivity index (χ1n) is 8.79. The van der Waals surface area contributed by atoms with Gasteiger partial charge in [0.2, 0.25) is 5.91 Å². The number of likely N-dealkylation sites (N-methyl/N-ethyl adjacent to an activating group) is 1. The molecular formula is C18H29N5O. The summed E-state index contributed by atoms with van der Waals surface area (Å²) in [6, 6.07) is 8.34. The molecule has 1 aromatic rings. The lowest BCUT2D eigenvalue weighted by atomic mass is 10.1. The van der Waals surface area contributed by atoms with Crippen LogP contribution >= 0.6 is 0 Å². The number of nitrogens with one attached hydrogen (secondary N) is 2. The van der Waals surface area contributed by atoms with Crippen molar-refractivity contribution in [2.24, 2.45) is 10.7 Å². The molecule has 132 valence electrons. The number of nitrogens with zero attached hydrogens (tertiary/aromatic N) is 2. The Morgan fingerprint density at radius 2 is 2.25 bits per heavy atom. The zero-order valence-electron chi connectivity index (χ0n) is 14.7. The Bertz CT molecular complexity index is 572. The third-order valence-corrected chi connectivity index (χ3v) is 4.44. The molecule has 0 spiro atoms. The second kappa shape index (κ2) is 9.27. The number of carbonyl (C=O) groups is 1. The van der Waals surface area contributed by atoms with Gasteiger partial charge in [0.15, 0.2) is 5.96 Å². The van der Waals surface area contributed by atoms with Gasteiger partial charge >= 0.3 is 0 Å². The number of guanidine groups is 1. The number of aliphatic imine (C=N–C) groups is 1. The van der Waals surface area contributed by atoms with Crippen LogP contribution in [-0.4, -0.2) is 49.0 Å². The van der Waals surface area contributed by atoms with Gasteiger partial charge in [-0.2, -0.15) is 0 Å². The smallest absolute Gasteiger partial charge is 0.246 e. The Morgan fingerprint density at radius 1 is 1.42 bits per heavy atom. The molecule has 24 heavy (non-hydrogen) atoms. The van der Waals surface area contributed by atoms with Gasteiger partial charge in [-0.15, -0.1) is 0 Å². The average molecular weight is 331 g/mol. The van der Waals surface area contributed by atoms with E-state index < -0.39 is 0 Å². The van der Waals surface area contributed by atoms with Crippen molar-refractivity contribution in [1.82, 2.24) is 10.2 Å². The number of benzene rings is 1. The van der Waals surface area contributed by atoms with Crippen LogP contribution in [0.1, 0.15) is 32.3 Å². The minimum Gasteiger partial charge on any atom is -0.370 e. The summed E-state index contributed by atoms with van der Waals surface area (Å²) in [4.78, 5) is 18.5. The number of hydrogen-bond acceptors (Lipinski definition) is 3. The van der Waals surface area contributed by atoms with Gasteiger partial charge in [0, 0.05) is 18.3 Å². The summed E-state index contributed by atoms with van der Waals surface area (Å²) in [5.41, 5.74) is 7.85. The molecule has 0 aromatic heterocycles. The summed E-state index contributed by atoms with van der Waals surface area (Å²) in [6.45, 7) is 7.28. The normalized spacial score (nSPS) is 18.6. The van der Waals surface area contributed by atoms with Gasteiger partial charge in [-0.25, -0.2) is 4.99 Å². The molecule has 1 heterocycles. The van der Waals surface area contributed by atoms with Crippen LogP contribution in [0.4, 0.5) is 5.69 Å². The lowest BCUT2D eigenvalue weighted by Gasteiger charge is -2.23. The largest absolute Gasteiger partial charge is 0.370 e. The van der Waals surface area contributed by atoms with Gasteiger partial charge in [-0.1, -0.05) is 26.0 Å². The van der Waals surface area contributed by atoms with E-state index in [2.05, 4.69) is 34.4 Å². The van der Waals surface area contributed by atoms with E-state index in [0.717, 1.165) is 31.7 Å². The van der Waals surface area contributed by atoms with E-state index in [-0.39, 0.29) is 12.5 Å². The van der Waals surface area contributed by atoms with E-state index in [9.17, 15) is 4.79 Å². The summed E-state index contributed by atoms with van der Waals surface area (Å²) < 4.78 is 0. The molecule has 6 nitrogen and oxygen atoms in total. The maximum Gasteiger partial charge on any atom is 0.246 e. The van der Waals surface area contributed by atoms with Crippen molar-refractivity contribution in [3.63, 3.8) is 0 Å². The first-order valence-corrected chi connectivity index (χ1v) is 8.79. The molecule has 4 N–H and O–H groups in total. The molecule has 0 radical (unpaired) electrons. The predicted molar refractivity (Wildman–Crippen MR) is 99.2 cm³/mol. The Morgan fingerprint density at radius 3 is 3.00 bits per heavy atom. The third kappa shape index (κ3) is 5.53. The van der Waals surface area contributed by atoms with Crippen LogP contribution in [0.2, 0.25) is 0 Å². The fourth-order valence-corrected chi connectivity index (χ4v) is 3.05. The predicted octanol–water partition coefficient (Wildman–Crippen LogP) is 1.58. The number of amides is 1. The van der Waals surface area contributed by atoms with Gasteiger partial charge < -0.3 is 16.4 Å². The number of rotatable bonds is 7. The molecule has 6 heteroatoms. The number of hydrogen-bond donors (Lipinski definition) is 3. The number of likely N-dealkylation sites (tertiary alicyclic amines) is 1. The van der Waals surface area contributed by atoms with Crippen molar-refractivity contribution in [2.45, 2.75) is 39.2 Å². The lowest BCUT2D eigenvalue weighted by molar-refractivity contribution is -0.114. The van der Waals surface area contributed by atoms with Gasteiger partial charge in [0.25, 0.3) is 0 Å². The molecule has 1 aromatic carbocycles. The fourth-order valence-electron chi connectivity index (χ4n) is 3.05. The maximum atomic E-state index is 12.0. The topological polar surface area (TPSA) is 82.8 Å². The minimum atomic E-state index is -0.163. The number of anilines is 1. The molecule has 0 aliphatic carbocycles. The van der Waals surface area contributed by atoms with Crippen LogP contribution in [-0.2, 0) is 11.2 Å². The highest BCUT2D eigenvalue weighted by molar-refractivity contribution is 5.93. The van der Waals surface area contributed by atoms with Crippen molar-refractivity contribution in [2.75, 3.05) is 31.5 Å². The molecule has 2 rings (SSSR count). The average Bonchev–Trinajstić information content (AvgIpc) is 3.06. The molecular weight excluding hydrogens is 302 g/mol. The van der Waals surface area contributed by atoms with Crippen molar-refractivity contribution in [3.8, 4) is 0 Å². The molecule has 1 amide bonds. The van der Waals surface area contributed by atoms with Gasteiger partial charge in [0.05, 0.1) is 0 Å². The molecule has 1 fully saturated rings. The zero-order chi connectivity index (χ0) is 17.4.